The van der Waals surface area contributed by atoms with Crippen molar-refractivity contribution in [2.45, 2.75) is 38.8 Å². The Morgan fingerprint density at radius 3 is 2.43 bits per heavy atom. The summed E-state index contributed by atoms with van der Waals surface area (Å²) in [5, 5.41) is 11.5. The summed E-state index contributed by atoms with van der Waals surface area (Å²) in [6.07, 6.45) is 1.47. The fraction of sp³-hybridized carbons (Fsp3) is 0.368. The lowest BCUT2D eigenvalue weighted by Gasteiger charge is -2.05. The number of anilines is 1. The first-order valence-corrected chi connectivity index (χ1v) is 11.1. The Bertz CT molecular complexity index is 1010. The molecule has 1 amide bonds. The molecule has 0 saturated carbocycles. The minimum atomic E-state index is -3.60. The molecule has 1 heterocycles. The van der Waals surface area contributed by atoms with Gasteiger partial charge in [0.15, 0.2) is 0 Å². The third kappa shape index (κ3) is 5.71. The van der Waals surface area contributed by atoms with Crippen molar-refractivity contribution in [2.75, 3.05) is 11.1 Å². The average molecular weight is 419 g/mol. The molecule has 0 aliphatic heterocycles. The van der Waals surface area contributed by atoms with E-state index in [-0.39, 0.29) is 27.5 Å². The number of rotatable bonds is 7. The Hall–Kier alpha value is -2.57. The molecule has 1 aromatic carbocycles. The molecule has 1 N–H and O–H groups in total. The predicted molar refractivity (Wildman–Crippen MR) is 110 cm³/mol. The first-order chi connectivity index (χ1) is 13.1. The molecular weight excluding hydrogens is 396 g/mol. The Morgan fingerprint density at radius 2 is 1.89 bits per heavy atom. The first kappa shape index (κ1) is 21.7. The summed E-state index contributed by atoms with van der Waals surface area (Å²) in [5.74, 6) is -0.427. The van der Waals surface area contributed by atoms with Crippen LogP contribution in [0.2, 0.25) is 0 Å². The van der Waals surface area contributed by atoms with Crippen molar-refractivity contribution in [1.29, 1.82) is 5.26 Å². The van der Waals surface area contributed by atoms with Crippen molar-refractivity contribution in [1.82, 2.24) is 9.36 Å². The lowest BCUT2D eigenvalue weighted by Crippen LogP contribution is -2.15. The number of nitrogens with zero attached hydrogens (tertiary/aromatic N) is 3. The van der Waals surface area contributed by atoms with Crippen LogP contribution in [0.5, 0.6) is 0 Å². The largest absolute Gasteiger partial charge is 0.296 e. The summed E-state index contributed by atoms with van der Waals surface area (Å²) in [6, 6.07) is 9.42. The smallest absolute Gasteiger partial charge is 0.268 e. The third-order valence-electron chi connectivity index (χ3n) is 3.74. The molecule has 0 unspecified atom stereocenters. The number of amides is 1. The summed E-state index contributed by atoms with van der Waals surface area (Å²) >= 11 is 0.762. The standard InChI is InChI=1S/C19H22N4O3S2/c1-12(2)11-28(25,26)19-22-18(27-23-19)21-17(24)16(10-20)9-14-5-7-15(8-6-14)13(3)4/h5-9,12-13H,11H2,1-4H3,(H,21,22,23,24)/b16-9-. The molecule has 0 radical (unpaired) electrons. The highest BCUT2D eigenvalue weighted by atomic mass is 32.2. The van der Waals surface area contributed by atoms with E-state index < -0.39 is 15.7 Å². The van der Waals surface area contributed by atoms with Crippen molar-refractivity contribution in [3.63, 3.8) is 0 Å². The second-order valence-electron chi connectivity index (χ2n) is 7.00. The van der Waals surface area contributed by atoms with Crippen LogP contribution in [-0.4, -0.2) is 29.4 Å². The number of nitrogens with one attached hydrogen (secondary N) is 1. The van der Waals surface area contributed by atoms with Crippen molar-refractivity contribution < 1.29 is 13.2 Å². The van der Waals surface area contributed by atoms with E-state index >= 15 is 0 Å². The van der Waals surface area contributed by atoms with Crippen LogP contribution in [0.25, 0.3) is 6.08 Å². The molecule has 0 spiro atoms. The van der Waals surface area contributed by atoms with E-state index in [1.807, 2.05) is 30.3 Å². The van der Waals surface area contributed by atoms with Gasteiger partial charge in [-0.3, -0.25) is 10.1 Å². The summed E-state index contributed by atoms with van der Waals surface area (Å²) in [7, 11) is -3.60. The molecule has 2 rings (SSSR count). The van der Waals surface area contributed by atoms with Gasteiger partial charge in [0.25, 0.3) is 11.1 Å². The van der Waals surface area contributed by atoms with Crippen LogP contribution in [0.3, 0.4) is 0 Å². The predicted octanol–water partition coefficient (Wildman–Crippen LogP) is 3.64. The van der Waals surface area contributed by atoms with Crippen LogP contribution in [0.4, 0.5) is 5.13 Å². The number of aromatic nitrogens is 2. The van der Waals surface area contributed by atoms with Crippen LogP contribution in [0, 0.1) is 17.2 Å². The maximum Gasteiger partial charge on any atom is 0.268 e. The lowest BCUT2D eigenvalue weighted by molar-refractivity contribution is -0.112. The van der Waals surface area contributed by atoms with E-state index in [0.29, 0.717) is 11.5 Å². The zero-order valence-electron chi connectivity index (χ0n) is 16.1. The molecule has 0 aliphatic carbocycles. The number of hydrogen-bond acceptors (Lipinski definition) is 7. The molecule has 148 valence electrons. The van der Waals surface area contributed by atoms with E-state index in [4.69, 9.17) is 0 Å². The van der Waals surface area contributed by atoms with Gasteiger partial charge in [0.05, 0.1) is 5.75 Å². The van der Waals surface area contributed by atoms with Crippen LogP contribution >= 0.6 is 11.5 Å². The molecule has 28 heavy (non-hydrogen) atoms. The van der Waals surface area contributed by atoms with E-state index in [2.05, 4.69) is 28.5 Å². The Kier molecular flexibility index (Phi) is 7.05. The summed E-state index contributed by atoms with van der Waals surface area (Å²) in [6.45, 7) is 7.72. The Morgan fingerprint density at radius 1 is 1.25 bits per heavy atom. The second-order valence-corrected chi connectivity index (χ2v) is 9.68. The fourth-order valence-corrected chi connectivity index (χ4v) is 4.71. The maximum atomic E-state index is 12.3. The highest BCUT2D eigenvalue weighted by molar-refractivity contribution is 7.91. The fourth-order valence-electron chi connectivity index (χ4n) is 2.36. The van der Waals surface area contributed by atoms with Gasteiger partial charge < -0.3 is 0 Å². The number of hydrogen-bond donors (Lipinski definition) is 1. The molecular formula is C19H22N4O3S2. The zero-order chi connectivity index (χ0) is 20.9. The van der Waals surface area contributed by atoms with Gasteiger partial charge in [0, 0.05) is 11.5 Å². The minimum absolute atomic E-state index is 0.0311. The van der Waals surface area contributed by atoms with Gasteiger partial charge in [-0.05, 0) is 29.0 Å². The number of benzene rings is 1. The van der Waals surface area contributed by atoms with Crippen LogP contribution in [0.15, 0.2) is 35.0 Å². The molecule has 2 aromatic rings. The number of nitriles is 1. The number of sulfone groups is 1. The van der Waals surface area contributed by atoms with Gasteiger partial charge >= 0.3 is 0 Å². The molecule has 0 aliphatic rings. The van der Waals surface area contributed by atoms with Crippen molar-refractivity contribution in [3.8, 4) is 6.07 Å². The van der Waals surface area contributed by atoms with E-state index in [1.165, 1.54) is 6.08 Å². The quantitative estimate of drug-likeness (QED) is 0.542. The maximum absolute atomic E-state index is 12.3. The zero-order valence-corrected chi connectivity index (χ0v) is 17.8. The molecule has 0 saturated heterocycles. The van der Waals surface area contributed by atoms with Crippen molar-refractivity contribution in [2.24, 2.45) is 5.92 Å². The molecule has 1 aromatic heterocycles. The molecule has 0 bridgehead atoms. The third-order valence-corrected chi connectivity index (χ3v) is 6.33. The molecule has 7 nitrogen and oxygen atoms in total. The van der Waals surface area contributed by atoms with E-state index in [9.17, 15) is 18.5 Å². The lowest BCUT2D eigenvalue weighted by atomic mass is 10.0. The van der Waals surface area contributed by atoms with Gasteiger partial charge in [-0.1, -0.05) is 52.0 Å². The van der Waals surface area contributed by atoms with E-state index in [1.54, 1.807) is 13.8 Å². The SMILES string of the molecule is CC(C)CS(=O)(=O)c1nsc(NC(=O)/C(C#N)=C\c2ccc(C(C)C)cc2)n1. The Labute approximate surface area is 169 Å². The Balaban J connectivity index is 2.16. The number of carbonyl (C=O) groups excluding carboxylic acids is 1. The van der Waals surface area contributed by atoms with Gasteiger partial charge in [0.2, 0.25) is 15.0 Å². The van der Waals surface area contributed by atoms with Crippen molar-refractivity contribution >= 4 is 38.5 Å². The first-order valence-electron chi connectivity index (χ1n) is 8.72. The molecule has 0 fully saturated rings. The highest BCUT2D eigenvalue weighted by Gasteiger charge is 2.23. The summed E-state index contributed by atoms with van der Waals surface area (Å²) in [5.41, 5.74) is 1.76. The summed E-state index contributed by atoms with van der Waals surface area (Å²) < 4.78 is 28.1. The monoisotopic (exact) mass is 418 g/mol. The van der Waals surface area contributed by atoms with Crippen molar-refractivity contribution in [3.05, 3.63) is 41.0 Å². The second kappa shape index (κ2) is 9.08. The normalized spacial score (nSPS) is 12.2. The minimum Gasteiger partial charge on any atom is -0.296 e. The van der Waals surface area contributed by atoms with Crippen LogP contribution < -0.4 is 5.32 Å². The van der Waals surface area contributed by atoms with Crippen LogP contribution in [-0.2, 0) is 14.6 Å². The topological polar surface area (TPSA) is 113 Å². The number of carbonyl (C=O) groups is 1. The van der Waals surface area contributed by atoms with E-state index in [0.717, 1.165) is 17.1 Å². The molecule has 0 atom stereocenters. The average Bonchev–Trinajstić information content (AvgIpc) is 3.08. The van der Waals surface area contributed by atoms with Gasteiger partial charge in [-0.25, -0.2) is 8.42 Å². The van der Waals surface area contributed by atoms with Gasteiger partial charge in [0.1, 0.15) is 11.6 Å². The highest BCUT2D eigenvalue weighted by Crippen LogP contribution is 2.19. The van der Waals surface area contributed by atoms with Gasteiger partial charge in [-0.15, -0.1) is 0 Å². The summed E-state index contributed by atoms with van der Waals surface area (Å²) in [4.78, 5) is 16.2. The van der Waals surface area contributed by atoms with Crippen LogP contribution in [0.1, 0.15) is 44.7 Å². The van der Waals surface area contributed by atoms with Gasteiger partial charge in [-0.2, -0.15) is 14.6 Å². The molecule has 9 heteroatoms.